The van der Waals surface area contributed by atoms with Gasteiger partial charge >= 0.3 is 5.97 Å². The van der Waals surface area contributed by atoms with Crippen LogP contribution < -0.4 is 0 Å². The molecule has 2 saturated heterocycles. The molecule has 2 aromatic rings. The molecule has 2 heterocycles. The molecule has 26 heavy (non-hydrogen) atoms. The number of ether oxygens (including phenoxy) is 1. The Morgan fingerprint density at radius 1 is 0.923 bits per heavy atom. The van der Waals surface area contributed by atoms with Crippen LogP contribution in [0.3, 0.4) is 0 Å². The fourth-order valence-corrected chi connectivity index (χ4v) is 4.67. The Labute approximate surface area is 156 Å². The van der Waals surface area contributed by atoms with Gasteiger partial charge in [-0.15, -0.1) is 0 Å². The number of nitrogens with zero attached hydrogens (tertiary/aromatic N) is 1. The maximum absolute atomic E-state index is 13.4. The first-order chi connectivity index (χ1) is 12.6. The maximum Gasteiger partial charge on any atom is 0.321 e. The van der Waals surface area contributed by atoms with E-state index in [0.29, 0.717) is 12.1 Å². The van der Waals surface area contributed by atoms with Gasteiger partial charge in [-0.05, 0) is 50.8 Å². The monoisotopic (exact) mass is 349 g/mol. The molecule has 0 radical (unpaired) electrons. The van der Waals surface area contributed by atoms with Crippen LogP contribution in [-0.2, 0) is 14.9 Å². The molecule has 2 aliphatic heterocycles. The number of carbonyl (C=O) groups excluding carboxylic acids is 1. The molecule has 0 N–H and O–H groups in total. The van der Waals surface area contributed by atoms with E-state index < -0.39 is 5.41 Å². The lowest BCUT2D eigenvalue weighted by Crippen LogP contribution is -2.45. The van der Waals surface area contributed by atoms with E-state index in [1.165, 1.54) is 12.8 Å². The van der Waals surface area contributed by atoms with Crippen LogP contribution in [0.2, 0.25) is 0 Å². The van der Waals surface area contributed by atoms with E-state index in [9.17, 15) is 4.79 Å². The molecule has 3 heteroatoms. The Balaban J connectivity index is 1.61. The number of rotatable bonds is 4. The lowest BCUT2D eigenvalue weighted by atomic mass is 9.76. The third kappa shape index (κ3) is 2.95. The first-order valence-electron chi connectivity index (χ1n) is 9.63. The summed E-state index contributed by atoms with van der Waals surface area (Å²) < 4.78 is 6.13. The van der Waals surface area contributed by atoms with E-state index >= 15 is 0 Å². The highest BCUT2D eigenvalue weighted by molar-refractivity contribution is 5.87. The van der Waals surface area contributed by atoms with Gasteiger partial charge in [-0.1, -0.05) is 60.7 Å². The summed E-state index contributed by atoms with van der Waals surface area (Å²) >= 11 is 0. The first kappa shape index (κ1) is 17.3. The number of hydrogen-bond donors (Lipinski definition) is 0. The highest BCUT2D eigenvalue weighted by Gasteiger charge is 2.44. The van der Waals surface area contributed by atoms with E-state index in [2.05, 4.69) is 11.9 Å². The standard InChI is InChI=1S/C23H27NO2/c1-23(17-9-5-3-6-10-17,18-11-7-4-8-12-18)22(25)26-21-15-19-13-14-20(16-21)24(19)2/h3-12,19-21H,13-16H2,1-2H3/t19-,20?,21?/m0/s1. The summed E-state index contributed by atoms with van der Waals surface area (Å²) in [6.45, 7) is 1.99. The van der Waals surface area contributed by atoms with Gasteiger partial charge in [0.15, 0.2) is 0 Å². The van der Waals surface area contributed by atoms with Crippen molar-refractivity contribution in [1.29, 1.82) is 0 Å². The third-order valence-corrected chi connectivity index (χ3v) is 6.44. The van der Waals surface area contributed by atoms with Crippen LogP contribution in [0.1, 0.15) is 43.7 Å². The summed E-state index contributed by atoms with van der Waals surface area (Å²) in [7, 11) is 2.21. The van der Waals surface area contributed by atoms with E-state index in [4.69, 9.17) is 4.74 Å². The van der Waals surface area contributed by atoms with Gasteiger partial charge in [0.25, 0.3) is 0 Å². The molecule has 4 rings (SSSR count). The fourth-order valence-electron chi connectivity index (χ4n) is 4.67. The zero-order valence-corrected chi connectivity index (χ0v) is 15.6. The van der Waals surface area contributed by atoms with Gasteiger partial charge < -0.3 is 9.64 Å². The highest BCUT2D eigenvalue weighted by Crippen LogP contribution is 2.38. The largest absolute Gasteiger partial charge is 0.461 e. The summed E-state index contributed by atoms with van der Waals surface area (Å²) in [6, 6.07) is 21.1. The highest BCUT2D eigenvalue weighted by atomic mass is 16.5. The van der Waals surface area contributed by atoms with Crippen molar-refractivity contribution in [3.8, 4) is 0 Å². The van der Waals surface area contributed by atoms with Crippen molar-refractivity contribution in [3.63, 3.8) is 0 Å². The van der Waals surface area contributed by atoms with Crippen LogP contribution in [0.15, 0.2) is 60.7 Å². The molecule has 2 aromatic carbocycles. The molecule has 2 bridgehead atoms. The molecule has 0 aliphatic carbocycles. The zero-order valence-electron chi connectivity index (χ0n) is 15.6. The van der Waals surface area contributed by atoms with Crippen molar-refractivity contribution in [1.82, 2.24) is 4.90 Å². The summed E-state index contributed by atoms with van der Waals surface area (Å²) in [5, 5.41) is 0. The number of hydrogen-bond acceptors (Lipinski definition) is 3. The molecule has 0 amide bonds. The maximum atomic E-state index is 13.4. The van der Waals surface area contributed by atoms with E-state index in [1.54, 1.807) is 0 Å². The Morgan fingerprint density at radius 3 is 1.85 bits per heavy atom. The van der Waals surface area contributed by atoms with E-state index in [1.807, 2.05) is 67.6 Å². The number of benzene rings is 2. The van der Waals surface area contributed by atoms with Crippen LogP contribution in [-0.4, -0.2) is 36.1 Å². The Morgan fingerprint density at radius 2 is 1.38 bits per heavy atom. The second-order valence-corrected chi connectivity index (χ2v) is 7.91. The summed E-state index contributed by atoms with van der Waals surface area (Å²) in [4.78, 5) is 15.9. The SMILES string of the molecule is CN1C2CC[C@H]1CC(OC(=O)C(C)(c1ccccc1)c1ccccc1)C2. The average molecular weight is 349 g/mol. The van der Waals surface area contributed by atoms with E-state index in [-0.39, 0.29) is 12.1 Å². The Bertz CT molecular complexity index is 705. The fraction of sp³-hybridized carbons (Fsp3) is 0.435. The van der Waals surface area contributed by atoms with Crippen LogP contribution in [0, 0.1) is 0 Å². The molecular formula is C23H27NO2. The molecule has 2 fully saturated rings. The van der Waals surface area contributed by atoms with Gasteiger partial charge in [-0.25, -0.2) is 0 Å². The molecule has 2 unspecified atom stereocenters. The first-order valence-corrected chi connectivity index (χ1v) is 9.63. The van der Waals surface area contributed by atoms with Crippen LogP contribution in [0.4, 0.5) is 0 Å². The van der Waals surface area contributed by atoms with Crippen LogP contribution >= 0.6 is 0 Å². The normalized spacial score (nSPS) is 25.8. The van der Waals surface area contributed by atoms with Gasteiger partial charge in [0.1, 0.15) is 11.5 Å². The van der Waals surface area contributed by atoms with Crippen LogP contribution in [0.5, 0.6) is 0 Å². The van der Waals surface area contributed by atoms with Crippen molar-refractivity contribution < 1.29 is 9.53 Å². The second kappa shape index (κ2) is 6.88. The number of piperidine rings is 1. The summed E-state index contributed by atoms with van der Waals surface area (Å²) in [6.07, 6.45) is 4.40. The van der Waals surface area contributed by atoms with E-state index in [0.717, 1.165) is 24.0 Å². The second-order valence-electron chi connectivity index (χ2n) is 7.91. The Kier molecular flexibility index (Phi) is 4.58. The smallest absolute Gasteiger partial charge is 0.321 e. The van der Waals surface area contributed by atoms with Crippen molar-refractivity contribution in [2.75, 3.05) is 7.05 Å². The van der Waals surface area contributed by atoms with Crippen molar-refractivity contribution in [2.45, 2.75) is 56.2 Å². The molecule has 2 aliphatic rings. The average Bonchev–Trinajstić information content (AvgIpc) is 2.89. The quantitative estimate of drug-likeness (QED) is 0.776. The van der Waals surface area contributed by atoms with Crippen molar-refractivity contribution in [3.05, 3.63) is 71.8 Å². The van der Waals surface area contributed by atoms with Crippen LogP contribution in [0.25, 0.3) is 0 Å². The topological polar surface area (TPSA) is 29.5 Å². The van der Waals surface area contributed by atoms with Crippen molar-refractivity contribution >= 4 is 5.97 Å². The number of carbonyl (C=O) groups is 1. The number of esters is 1. The minimum atomic E-state index is -0.787. The lowest BCUT2D eigenvalue weighted by molar-refractivity contribution is -0.157. The summed E-state index contributed by atoms with van der Waals surface area (Å²) in [5.74, 6) is -0.135. The molecule has 136 valence electrons. The molecular weight excluding hydrogens is 322 g/mol. The van der Waals surface area contributed by atoms with Gasteiger partial charge in [0, 0.05) is 12.1 Å². The molecule has 0 spiro atoms. The minimum Gasteiger partial charge on any atom is -0.461 e. The lowest BCUT2D eigenvalue weighted by Gasteiger charge is -2.38. The predicted octanol–water partition coefficient (Wildman–Crippen LogP) is 4.16. The van der Waals surface area contributed by atoms with Gasteiger partial charge in [-0.2, -0.15) is 0 Å². The molecule has 3 nitrogen and oxygen atoms in total. The Hall–Kier alpha value is -2.13. The van der Waals surface area contributed by atoms with Gasteiger partial charge in [0.05, 0.1) is 0 Å². The zero-order chi connectivity index (χ0) is 18.1. The minimum absolute atomic E-state index is 0.0305. The van der Waals surface area contributed by atoms with Gasteiger partial charge in [-0.3, -0.25) is 4.79 Å². The predicted molar refractivity (Wildman–Crippen MR) is 103 cm³/mol. The number of fused-ring (bicyclic) bond motifs is 2. The molecule has 3 atom stereocenters. The molecule has 0 aromatic heterocycles. The molecule has 0 saturated carbocycles. The van der Waals surface area contributed by atoms with Gasteiger partial charge in [0.2, 0.25) is 0 Å². The van der Waals surface area contributed by atoms with Crippen molar-refractivity contribution in [2.24, 2.45) is 0 Å². The third-order valence-electron chi connectivity index (χ3n) is 6.44. The summed E-state index contributed by atoms with van der Waals surface area (Å²) in [5.41, 5.74) is 1.17.